The average molecular weight is 485 g/mol. The molecule has 4 aliphatic heterocycles. The van der Waals surface area contributed by atoms with Crippen molar-refractivity contribution in [2.75, 3.05) is 42.6 Å². The molecule has 6 rings (SSSR count). The summed E-state index contributed by atoms with van der Waals surface area (Å²) in [5, 5.41) is 10.8. The third-order valence-corrected chi connectivity index (χ3v) is 8.94. The van der Waals surface area contributed by atoms with Crippen LogP contribution in [0, 0.1) is 5.41 Å². The molecule has 3 N–H and O–H groups in total. The highest BCUT2D eigenvalue weighted by Gasteiger charge is 2.47. The summed E-state index contributed by atoms with van der Waals surface area (Å²) in [4.78, 5) is 19.7. The lowest BCUT2D eigenvalue weighted by Gasteiger charge is -2.41. The SMILES string of the molecule is C[C@@H]1OCC2(CCN(c3ncc(Sc4ccnc5c4OC[C@@H]4CCCN54)nc3CO)CC2)[C@@H]1N. The van der Waals surface area contributed by atoms with Crippen LogP contribution in [-0.2, 0) is 11.3 Å². The fraction of sp³-hybridized carbons (Fsp3) is 0.625. The predicted molar refractivity (Wildman–Crippen MR) is 129 cm³/mol. The van der Waals surface area contributed by atoms with Crippen LogP contribution in [0.5, 0.6) is 5.75 Å². The van der Waals surface area contributed by atoms with Crippen molar-refractivity contribution < 1.29 is 14.6 Å². The van der Waals surface area contributed by atoms with Crippen LogP contribution in [0.4, 0.5) is 11.6 Å². The minimum atomic E-state index is -0.154. The standard InChI is InChI=1S/C24H32N6O3S/c1-15-21(25)24(14-33-15)5-9-29(10-6-24)22-17(12-31)28-19(11-27-22)34-18-4-7-26-23-20(18)32-13-16-3-2-8-30(16)23/h4,7,11,15-16,21,31H,2-3,5-6,8-10,12-14,25H2,1H3/t15-,16-,21+/m0/s1. The Hall–Kier alpha value is -2.14. The summed E-state index contributed by atoms with van der Waals surface area (Å²) < 4.78 is 12.0. The van der Waals surface area contributed by atoms with Gasteiger partial charge in [0.25, 0.3) is 0 Å². The fourth-order valence-electron chi connectivity index (χ4n) is 5.88. The van der Waals surface area contributed by atoms with Gasteiger partial charge in [0.05, 0.1) is 36.5 Å². The maximum atomic E-state index is 10.1. The number of fused-ring (bicyclic) bond motifs is 3. The molecule has 34 heavy (non-hydrogen) atoms. The number of pyridine rings is 1. The molecular formula is C24H32N6O3S. The summed E-state index contributed by atoms with van der Waals surface area (Å²) >= 11 is 1.51. The van der Waals surface area contributed by atoms with Gasteiger partial charge < -0.3 is 30.1 Å². The van der Waals surface area contributed by atoms with Gasteiger partial charge in [-0.15, -0.1) is 0 Å². The molecule has 3 saturated heterocycles. The first-order chi connectivity index (χ1) is 16.6. The van der Waals surface area contributed by atoms with E-state index in [-0.39, 0.29) is 24.2 Å². The van der Waals surface area contributed by atoms with Crippen molar-refractivity contribution >= 4 is 23.4 Å². The van der Waals surface area contributed by atoms with E-state index in [0.717, 1.165) is 72.8 Å². The summed E-state index contributed by atoms with van der Waals surface area (Å²) in [6.45, 7) is 6.03. The van der Waals surface area contributed by atoms with Gasteiger partial charge in [0.15, 0.2) is 17.4 Å². The first kappa shape index (κ1) is 22.3. The second-order valence-corrected chi connectivity index (χ2v) is 11.0. The van der Waals surface area contributed by atoms with Gasteiger partial charge in [-0.3, -0.25) is 0 Å². The van der Waals surface area contributed by atoms with Gasteiger partial charge in [0.1, 0.15) is 17.3 Å². The molecule has 3 atom stereocenters. The van der Waals surface area contributed by atoms with Crippen LogP contribution < -0.4 is 20.3 Å². The molecule has 3 fully saturated rings. The van der Waals surface area contributed by atoms with Gasteiger partial charge in [0, 0.05) is 37.3 Å². The minimum absolute atomic E-state index is 0.0489. The molecule has 0 saturated carbocycles. The van der Waals surface area contributed by atoms with Crippen molar-refractivity contribution in [3.05, 3.63) is 24.2 Å². The van der Waals surface area contributed by atoms with Crippen molar-refractivity contribution in [2.24, 2.45) is 11.1 Å². The molecule has 0 aromatic carbocycles. The summed E-state index contributed by atoms with van der Waals surface area (Å²) in [5.41, 5.74) is 7.12. The first-order valence-electron chi connectivity index (χ1n) is 12.2. The number of piperidine rings is 1. The maximum Gasteiger partial charge on any atom is 0.175 e. The van der Waals surface area contributed by atoms with Crippen molar-refractivity contribution in [3.63, 3.8) is 0 Å². The quantitative estimate of drug-likeness (QED) is 0.670. The molecule has 4 aliphatic rings. The lowest BCUT2D eigenvalue weighted by Crippen LogP contribution is -2.51. The number of ether oxygens (including phenoxy) is 2. The number of nitrogens with zero attached hydrogens (tertiary/aromatic N) is 5. The van der Waals surface area contributed by atoms with Crippen LogP contribution in [0.3, 0.4) is 0 Å². The molecule has 0 unspecified atom stereocenters. The van der Waals surface area contributed by atoms with Gasteiger partial charge in [-0.1, -0.05) is 11.8 Å². The van der Waals surface area contributed by atoms with E-state index in [2.05, 4.69) is 21.7 Å². The van der Waals surface area contributed by atoms with E-state index in [9.17, 15) is 5.11 Å². The molecule has 10 heteroatoms. The zero-order valence-corrected chi connectivity index (χ0v) is 20.3. The Balaban J connectivity index is 1.20. The van der Waals surface area contributed by atoms with Gasteiger partial charge in [-0.2, -0.15) is 0 Å². The largest absolute Gasteiger partial charge is 0.486 e. The Kier molecular flexibility index (Phi) is 5.79. The van der Waals surface area contributed by atoms with E-state index >= 15 is 0 Å². The summed E-state index contributed by atoms with van der Waals surface area (Å²) in [7, 11) is 0. The molecule has 2 aromatic rings. The number of hydrogen-bond acceptors (Lipinski definition) is 10. The molecule has 0 bridgehead atoms. The highest BCUT2D eigenvalue weighted by atomic mass is 32.2. The maximum absolute atomic E-state index is 10.1. The van der Waals surface area contributed by atoms with Crippen molar-refractivity contribution in [1.29, 1.82) is 0 Å². The number of anilines is 2. The zero-order chi connectivity index (χ0) is 23.3. The molecule has 1 spiro atoms. The molecule has 182 valence electrons. The Morgan fingerprint density at radius 2 is 2.09 bits per heavy atom. The molecule has 0 aliphatic carbocycles. The Morgan fingerprint density at radius 3 is 2.85 bits per heavy atom. The van der Waals surface area contributed by atoms with Crippen molar-refractivity contribution in [2.45, 2.75) is 67.3 Å². The normalized spacial score (nSPS) is 27.6. The average Bonchev–Trinajstić information content (AvgIpc) is 3.46. The van der Waals surface area contributed by atoms with E-state index in [1.54, 1.807) is 6.20 Å². The van der Waals surface area contributed by atoms with E-state index in [0.29, 0.717) is 18.3 Å². The smallest absolute Gasteiger partial charge is 0.175 e. The molecule has 2 aromatic heterocycles. The third-order valence-electron chi connectivity index (χ3n) is 7.99. The number of hydrogen-bond donors (Lipinski definition) is 2. The first-order valence-corrected chi connectivity index (χ1v) is 13.0. The Morgan fingerprint density at radius 1 is 1.24 bits per heavy atom. The third kappa shape index (κ3) is 3.71. The number of aromatic nitrogens is 3. The highest BCUT2D eigenvalue weighted by molar-refractivity contribution is 7.99. The Labute approximate surface area is 204 Å². The molecule has 0 amide bonds. The van der Waals surface area contributed by atoms with E-state index in [1.807, 2.05) is 12.3 Å². The molecule has 9 nitrogen and oxygen atoms in total. The van der Waals surface area contributed by atoms with E-state index in [1.165, 1.54) is 18.2 Å². The molecular weight excluding hydrogens is 452 g/mol. The minimum Gasteiger partial charge on any atom is -0.486 e. The van der Waals surface area contributed by atoms with Gasteiger partial charge in [-0.05, 0) is 38.7 Å². The predicted octanol–water partition coefficient (Wildman–Crippen LogP) is 2.21. The highest BCUT2D eigenvalue weighted by Crippen LogP contribution is 2.45. The van der Waals surface area contributed by atoms with Gasteiger partial charge in [-0.25, -0.2) is 15.0 Å². The van der Waals surface area contributed by atoms with Crippen LogP contribution in [0.2, 0.25) is 0 Å². The molecule has 6 heterocycles. The van der Waals surface area contributed by atoms with Crippen LogP contribution in [0.1, 0.15) is 38.3 Å². The van der Waals surface area contributed by atoms with Crippen LogP contribution in [-0.4, -0.2) is 71.1 Å². The van der Waals surface area contributed by atoms with Crippen LogP contribution in [0.15, 0.2) is 28.4 Å². The second kappa shape index (κ2) is 8.82. The lowest BCUT2D eigenvalue weighted by atomic mass is 9.73. The number of rotatable bonds is 4. The van der Waals surface area contributed by atoms with Crippen molar-refractivity contribution in [1.82, 2.24) is 15.0 Å². The molecule has 0 radical (unpaired) electrons. The van der Waals surface area contributed by atoms with Crippen molar-refractivity contribution in [3.8, 4) is 5.75 Å². The lowest BCUT2D eigenvalue weighted by molar-refractivity contribution is 0.0973. The summed E-state index contributed by atoms with van der Waals surface area (Å²) in [6.07, 6.45) is 7.98. The van der Waals surface area contributed by atoms with Crippen LogP contribution in [0.25, 0.3) is 0 Å². The monoisotopic (exact) mass is 484 g/mol. The summed E-state index contributed by atoms with van der Waals surface area (Å²) in [5.74, 6) is 2.51. The number of aliphatic hydroxyl groups is 1. The zero-order valence-electron chi connectivity index (χ0n) is 19.5. The van der Waals surface area contributed by atoms with Gasteiger partial charge in [0.2, 0.25) is 0 Å². The number of aliphatic hydroxyl groups excluding tert-OH is 1. The number of nitrogens with two attached hydrogens (primary N) is 1. The van der Waals surface area contributed by atoms with E-state index in [4.69, 9.17) is 25.2 Å². The van der Waals surface area contributed by atoms with Gasteiger partial charge >= 0.3 is 0 Å². The van der Waals surface area contributed by atoms with Crippen LogP contribution >= 0.6 is 11.8 Å². The van der Waals surface area contributed by atoms with E-state index < -0.39 is 0 Å². The fourth-order valence-corrected chi connectivity index (χ4v) is 6.74. The second-order valence-electron chi connectivity index (χ2n) is 9.89. The Bertz CT molecular complexity index is 1060. The topological polar surface area (TPSA) is 110 Å². The summed E-state index contributed by atoms with van der Waals surface area (Å²) in [6, 6.07) is 2.46.